The summed E-state index contributed by atoms with van der Waals surface area (Å²) in [6.45, 7) is 16.0. The van der Waals surface area contributed by atoms with Gasteiger partial charge in [-0.1, -0.05) is 119 Å². The maximum atomic E-state index is 16.1. The van der Waals surface area contributed by atoms with Crippen LogP contribution >= 0.6 is 23.2 Å². The number of esters is 2. The molecule has 438 valence electrons. The van der Waals surface area contributed by atoms with Gasteiger partial charge in [0.2, 0.25) is 11.8 Å². The van der Waals surface area contributed by atoms with Crippen molar-refractivity contribution in [2.75, 3.05) is 27.4 Å². The molecule has 7 unspecified atom stereocenters. The fraction of sp³-hybridized carbons (Fsp3) is 0.478. The highest BCUT2D eigenvalue weighted by Gasteiger charge is 2.70. The zero-order valence-corrected chi connectivity index (χ0v) is 50.8. The fourth-order valence-electron chi connectivity index (χ4n) is 15.3. The standard InChI is InChI=1S/C35H39ClFNO4.C34H37ClFNO4/c1-6-41-33(39)29-20(2)35(29)17-15-22-10-13-27(31(37)30(22)35)42-19-21-9-11-23(32-26(36)12-14-28(38-32)40-5)24(18-21)25-8-7-16-34(25,3)4;1-5-40-32(38)26-17-34(26)14-12-21-9-11-28(31(36)30(21)34)41-19-20-8-10-22(24-16-29(39-4)37-18-27(24)35)23(15-20)25-7-6-13-33(25,2)3/h9-14,18,20,25,29H,6-8,15-17,19H2,1-5H3;8-11,15-16,18,25-26H,5-7,12-14,17,19H2,1-4H3. The summed E-state index contributed by atoms with van der Waals surface area (Å²) in [5.74, 6) is 0.500. The first-order chi connectivity index (χ1) is 39.8. The van der Waals surface area contributed by atoms with Gasteiger partial charge in [0.1, 0.15) is 13.2 Å². The van der Waals surface area contributed by atoms with Crippen LogP contribution in [0.25, 0.3) is 22.4 Å². The summed E-state index contributed by atoms with van der Waals surface area (Å²) in [5, 5.41) is 1.14. The lowest BCUT2D eigenvalue weighted by Crippen LogP contribution is -2.17. The Balaban J connectivity index is 0.000000174. The Kier molecular flexibility index (Phi) is 16.2. The smallest absolute Gasteiger partial charge is 0.310 e. The Morgan fingerprint density at radius 2 is 1.20 bits per heavy atom. The van der Waals surface area contributed by atoms with Crippen LogP contribution in [0, 0.1) is 40.2 Å². The topological polar surface area (TPSA) is 115 Å². The second-order valence-electron chi connectivity index (χ2n) is 25.2. The van der Waals surface area contributed by atoms with Crippen LogP contribution in [0.5, 0.6) is 23.3 Å². The molecule has 0 amide bonds. The number of aryl methyl sites for hydroxylation is 2. The van der Waals surface area contributed by atoms with Gasteiger partial charge in [0, 0.05) is 45.2 Å². The van der Waals surface area contributed by atoms with Crippen LogP contribution in [0.2, 0.25) is 10.0 Å². The molecule has 0 aliphatic heterocycles. The Morgan fingerprint density at radius 3 is 1.80 bits per heavy atom. The molecule has 2 spiro atoms. The van der Waals surface area contributed by atoms with Crippen LogP contribution in [0.15, 0.2) is 85.1 Å². The maximum Gasteiger partial charge on any atom is 0.310 e. The van der Waals surface area contributed by atoms with Gasteiger partial charge < -0.3 is 28.4 Å². The van der Waals surface area contributed by atoms with Gasteiger partial charge in [0.25, 0.3) is 0 Å². The first-order valence-corrected chi connectivity index (χ1v) is 30.4. The summed E-state index contributed by atoms with van der Waals surface area (Å²) in [4.78, 5) is 34.1. The number of ether oxygens (including phenoxy) is 6. The lowest BCUT2D eigenvalue weighted by molar-refractivity contribution is -0.146. The molecule has 7 atom stereocenters. The fourth-order valence-corrected chi connectivity index (χ4v) is 15.7. The third kappa shape index (κ3) is 10.6. The van der Waals surface area contributed by atoms with Gasteiger partial charge in [0.05, 0.1) is 61.2 Å². The van der Waals surface area contributed by atoms with Gasteiger partial charge in [-0.05, 0) is 157 Å². The minimum Gasteiger partial charge on any atom is -0.486 e. The summed E-state index contributed by atoms with van der Waals surface area (Å²) in [5.41, 5.74) is 10.5. The van der Waals surface area contributed by atoms with Crippen LogP contribution in [0.3, 0.4) is 0 Å². The Morgan fingerprint density at radius 1 is 0.639 bits per heavy atom. The number of aromatic nitrogens is 2. The minimum absolute atomic E-state index is 0.0458. The molecule has 6 aliphatic carbocycles. The van der Waals surface area contributed by atoms with Crippen molar-refractivity contribution in [3.63, 3.8) is 0 Å². The molecule has 14 heteroatoms. The summed E-state index contributed by atoms with van der Waals surface area (Å²) in [6, 6.07) is 25.4. The van der Waals surface area contributed by atoms with Gasteiger partial charge in [-0.3, -0.25) is 9.59 Å². The molecule has 2 aromatic heterocycles. The number of carbonyl (C=O) groups is 2. The number of hydrogen-bond acceptors (Lipinski definition) is 10. The predicted octanol–water partition coefficient (Wildman–Crippen LogP) is 16.6. The number of carbonyl (C=O) groups excluding carboxylic acids is 2. The maximum absolute atomic E-state index is 16.1. The molecule has 0 saturated heterocycles. The quantitative estimate of drug-likeness (QED) is 0.0868. The molecule has 12 rings (SSSR count). The molecule has 0 N–H and O–H groups in total. The number of fused-ring (bicyclic) bond motifs is 4. The Hall–Kier alpha value is -6.24. The van der Waals surface area contributed by atoms with E-state index in [1.807, 2.05) is 43.3 Å². The van der Waals surface area contributed by atoms with E-state index < -0.39 is 10.8 Å². The van der Waals surface area contributed by atoms with Crippen molar-refractivity contribution in [2.24, 2.45) is 28.6 Å². The number of hydrogen-bond donors (Lipinski definition) is 0. The largest absolute Gasteiger partial charge is 0.486 e. The van der Waals surface area contributed by atoms with Crippen molar-refractivity contribution in [3.8, 4) is 45.6 Å². The van der Waals surface area contributed by atoms with Crippen LogP contribution in [0.4, 0.5) is 8.78 Å². The zero-order valence-electron chi connectivity index (χ0n) is 49.2. The van der Waals surface area contributed by atoms with Crippen LogP contribution in [-0.4, -0.2) is 49.3 Å². The molecular weight excluding hydrogens is 1090 g/mol. The molecule has 6 aromatic rings. The van der Waals surface area contributed by atoms with E-state index in [-0.39, 0.29) is 76.9 Å². The Bertz CT molecular complexity index is 3490. The van der Waals surface area contributed by atoms with E-state index >= 15 is 8.78 Å². The molecule has 6 aliphatic rings. The highest BCUT2D eigenvalue weighted by molar-refractivity contribution is 6.33. The van der Waals surface area contributed by atoms with Gasteiger partial charge >= 0.3 is 11.9 Å². The lowest BCUT2D eigenvalue weighted by Gasteiger charge is -2.30. The normalized spacial score (nSPS) is 24.6. The highest BCUT2D eigenvalue weighted by Crippen LogP contribution is 2.68. The van der Waals surface area contributed by atoms with Gasteiger partial charge in [0.15, 0.2) is 23.1 Å². The monoisotopic (exact) mass is 1170 g/mol. The second kappa shape index (κ2) is 23.0. The summed E-state index contributed by atoms with van der Waals surface area (Å²) in [7, 11) is 3.20. The number of benzene rings is 4. The van der Waals surface area contributed by atoms with E-state index in [9.17, 15) is 9.59 Å². The number of rotatable bonds is 16. The van der Waals surface area contributed by atoms with E-state index in [4.69, 9.17) is 56.6 Å². The number of halogens is 4. The van der Waals surface area contributed by atoms with Crippen molar-refractivity contribution in [1.29, 1.82) is 0 Å². The molecular formula is C69H76Cl2F2N2O8. The first-order valence-electron chi connectivity index (χ1n) is 29.7. The first kappa shape index (κ1) is 58.5. The Labute approximate surface area is 497 Å². The molecule has 4 fully saturated rings. The molecule has 83 heavy (non-hydrogen) atoms. The average molecular weight is 1170 g/mol. The number of methoxy groups -OCH3 is 2. The van der Waals surface area contributed by atoms with Crippen molar-refractivity contribution in [3.05, 3.63) is 151 Å². The molecule has 4 saturated carbocycles. The van der Waals surface area contributed by atoms with E-state index in [1.165, 1.54) is 17.5 Å². The van der Waals surface area contributed by atoms with Crippen molar-refractivity contribution >= 4 is 35.1 Å². The molecule has 2 heterocycles. The summed E-state index contributed by atoms with van der Waals surface area (Å²) >= 11 is 13.3. The molecule has 10 nitrogen and oxygen atoms in total. The second-order valence-corrected chi connectivity index (χ2v) is 26.0. The van der Waals surface area contributed by atoms with Crippen molar-refractivity contribution in [2.45, 2.75) is 155 Å². The number of pyridine rings is 2. The summed E-state index contributed by atoms with van der Waals surface area (Å²) < 4.78 is 65.8. The lowest BCUT2D eigenvalue weighted by atomic mass is 9.75. The molecule has 4 aromatic carbocycles. The van der Waals surface area contributed by atoms with E-state index in [0.29, 0.717) is 70.1 Å². The average Bonchev–Trinajstić information content (AvgIpc) is 1.56. The van der Waals surface area contributed by atoms with Crippen LogP contribution in [0.1, 0.15) is 163 Å². The van der Waals surface area contributed by atoms with E-state index in [2.05, 4.69) is 56.9 Å². The molecule has 0 bridgehead atoms. The highest BCUT2D eigenvalue weighted by atomic mass is 35.5. The minimum atomic E-state index is -0.489. The predicted molar refractivity (Wildman–Crippen MR) is 319 cm³/mol. The van der Waals surface area contributed by atoms with Crippen molar-refractivity contribution in [1.82, 2.24) is 9.97 Å². The number of nitrogens with zero attached hydrogens (tertiary/aromatic N) is 2. The third-order valence-corrected chi connectivity index (χ3v) is 20.4. The molecule has 0 radical (unpaired) electrons. The third-order valence-electron chi connectivity index (χ3n) is 19.8. The zero-order chi connectivity index (χ0) is 58.8. The van der Waals surface area contributed by atoms with Crippen molar-refractivity contribution < 1.29 is 46.8 Å². The summed E-state index contributed by atoms with van der Waals surface area (Å²) in [6.07, 6.45) is 12.1. The van der Waals surface area contributed by atoms with Gasteiger partial charge in [-0.2, -0.15) is 0 Å². The van der Waals surface area contributed by atoms with E-state index in [0.717, 1.165) is 96.7 Å². The van der Waals surface area contributed by atoms with Crippen LogP contribution < -0.4 is 18.9 Å². The SMILES string of the molecule is CCOC(=O)C1C(C)C12CCc1ccc(OCc3ccc(-c4nc(OC)ccc4Cl)c(C4CCCC4(C)C)c3)c(F)c12.CCOC(=O)C1CC12CCc1ccc(OCc3ccc(-c4cc(OC)ncc4Cl)c(C4CCCC4(C)C)c3)c(F)c12. The van der Waals surface area contributed by atoms with E-state index in [1.54, 1.807) is 52.5 Å². The van der Waals surface area contributed by atoms with Crippen LogP contribution in [-0.2, 0) is 55.9 Å². The van der Waals surface area contributed by atoms with Gasteiger partial charge in [-0.15, -0.1) is 0 Å². The van der Waals surface area contributed by atoms with Gasteiger partial charge in [-0.25, -0.2) is 18.7 Å².